The number of hydrogen-bond donors (Lipinski definition) is 1. The molecule has 3 fully saturated rings. The molecule has 0 aromatic heterocycles. The van der Waals surface area contributed by atoms with Crippen LogP contribution in [0.2, 0.25) is 0 Å². The number of anilines is 1. The molecule has 27 heavy (non-hydrogen) atoms. The summed E-state index contributed by atoms with van der Waals surface area (Å²) in [7, 11) is 0. The van der Waals surface area contributed by atoms with Gasteiger partial charge in [-0.3, -0.25) is 15.0 Å². The number of nitro benzene ring substituents is 1. The molecular formula is C22H33N3O2. The SMILES string of the molecule is CC(C)[C@H]1CC[C@@H](N2[C@@H]3CC[C@H]2C[C@@H](Nc2ccccc2[N+](=O)[O-])C3)CC1. The van der Waals surface area contributed by atoms with Crippen molar-refractivity contribution >= 4 is 11.4 Å². The molecule has 5 nitrogen and oxygen atoms in total. The standard InChI is InChI=1S/C22H33N3O2/c1-15(2)16-7-9-18(10-8-16)24-19-11-12-20(24)14-17(13-19)23-21-5-3-4-6-22(21)25(26)27/h3-6,15-20,23H,7-14H2,1-2H3/t16-,17-,18+,19+,20-. The molecular weight excluding hydrogens is 338 g/mol. The molecule has 1 saturated carbocycles. The summed E-state index contributed by atoms with van der Waals surface area (Å²) in [6, 6.07) is 9.50. The van der Waals surface area contributed by atoms with Crippen molar-refractivity contribution in [2.24, 2.45) is 11.8 Å². The van der Waals surface area contributed by atoms with E-state index in [9.17, 15) is 10.1 Å². The van der Waals surface area contributed by atoms with Crippen LogP contribution in [0.15, 0.2) is 24.3 Å². The summed E-state index contributed by atoms with van der Waals surface area (Å²) < 4.78 is 0. The van der Waals surface area contributed by atoms with E-state index in [-0.39, 0.29) is 10.6 Å². The summed E-state index contributed by atoms with van der Waals surface area (Å²) in [5.74, 6) is 1.73. The van der Waals surface area contributed by atoms with Gasteiger partial charge in [-0.1, -0.05) is 26.0 Å². The number of rotatable bonds is 5. The van der Waals surface area contributed by atoms with Gasteiger partial charge in [-0.2, -0.15) is 0 Å². The number of para-hydroxylation sites is 2. The van der Waals surface area contributed by atoms with Gasteiger partial charge in [0.2, 0.25) is 0 Å². The van der Waals surface area contributed by atoms with Crippen molar-refractivity contribution in [3.63, 3.8) is 0 Å². The highest BCUT2D eigenvalue weighted by Crippen LogP contribution is 2.43. The van der Waals surface area contributed by atoms with Gasteiger partial charge in [-0.15, -0.1) is 0 Å². The summed E-state index contributed by atoms with van der Waals surface area (Å²) >= 11 is 0. The molecule has 1 aromatic carbocycles. The average molecular weight is 372 g/mol. The Balaban J connectivity index is 1.39. The highest BCUT2D eigenvalue weighted by atomic mass is 16.6. The van der Waals surface area contributed by atoms with Crippen LogP contribution in [0.3, 0.4) is 0 Å². The first-order chi connectivity index (χ1) is 13.0. The van der Waals surface area contributed by atoms with Crippen LogP contribution in [0.5, 0.6) is 0 Å². The van der Waals surface area contributed by atoms with Crippen LogP contribution in [0.25, 0.3) is 0 Å². The minimum atomic E-state index is -0.279. The summed E-state index contributed by atoms with van der Waals surface area (Å²) in [6.45, 7) is 4.74. The van der Waals surface area contributed by atoms with Crippen molar-refractivity contribution in [2.45, 2.75) is 89.4 Å². The highest BCUT2D eigenvalue weighted by molar-refractivity contribution is 5.61. The first-order valence-electron chi connectivity index (χ1n) is 10.8. The van der Waals surface area contributed by atoms with Crippen LogP contribution in [0, 0.1) is 22.0 Å². The Morgan fingerprint density at radius 2 is 1.59 bits per heavy atom. The summed E-state index contributed by atoms with van der Waals surface area (Å²) in [6.07, 6.45) is 10.3. The Kier molecular flexibility index (Phi) is 5.40. The van der Waals surface area contributed by atoms with Gasteiger partial charge in [-0.25, -0.2) is 0 Å². The molecule has 3 atom stereocenters. The fraction of sp³-hybridized carbons (Fsp3) is 0.727. The van der Waals surface area contributed by atoms with Gasteiger partial charge in [0, 0.05) is 30.2 Å². The molecule has 4 rings (SSSR count). The minimum Gasteiger partial charge on any atom is -0.377 e. The third kappa shape index (κ3) is 3.84. The van der Waals surface area contributed by atoms with Crippen molar-refractivity contribution in [1.82, 2.24) is 4.90 Å². The van der Waals surface area contributed by atoms with Gasteiger partial charge in [0.25, 0.3) is 5.69 Å². The third-order valence-electron chi connectivity index (χ3n) is 7.36. The van der Waals surface area contributed by atoms with E-state index >= 15 is 0 Å². The van der Waals surface area contributed by atoms with Gasteiger partial charge >= 0.3 is 0 Å². The normalized spacial score (nSPS) is 34.0. The molecule has 0 spiro atoms. The summed E-state index contributed by atoms with van der Waals surface area (Å²) in [5.41, 5.74) is 0.872. The lowest BCUT2D eigenvalue weighted by molar-refractivity contribution is -0.384. The molecule has 3 aliphatic rings. The van der Waals surface area contributed by atoms with Crippen LogP contribution in [0.1, 0.15) is 65.2 Å². The Hall–Kier alpha value is -1.62. The number of fused-ring (bicyclic) bond motifs is 2. The maximum Gasteiger partial charge on any atom is 0.292 e. The molecule has 1 N–H and O–H groups in total. The van der Waals surface area contributed by atoms with Crippen molar-refractivity contribution in [2.75, 3.05) is 5.32 Å². The molecule has 0 unspecified atom stereocenters. The van der Waals surface area contributed by atoms with Crippen LogP contribution < -0.4 is 5.32 Å². The Morgan fingerprint density at radius 3 is 2.19 bits per heavy atom. The van der Waals surface area contributed by atoms with Crippen molar-refractivity contribution in [3.05, 3.63) is 34.4 Å². The molecule has 1 aromatic rings. The number of piperidine rings is 1. The summed E-state index contributed by atoms with van der Waals surface area (Å²) in [5, 5.41) is 14.8. The molecule has 1 aliphatic carbocycles. The van der Waals surface area contributed by atoms with E-state index in [0.29, 0.717) is 23.8 Å². The maximum atomic E-state index is 11.3. The first-order valence-corrected chi connectivity index (χ1v) is 10.8. The van der Waals surface area contributed by atoms with Crippen LogP contribution >= 0.6 is 0 Å². The zero-order valence-electron chi connectivity index (χ0n) is 16.6. The summed E-state index contributed by atoms with van der Waals surface area (Å²) in [4.78, 5) is 13.9. The van der Waals surface area contributed by atoms with E-state index in [2.05, 4.69) is 24.1 Å². The van der Waals surface area contributed by atoms with Crippen molar-refractivity contribution in [3.8, 4) is 0 Å². The monoisotopic (exact) mass is 371 g/mol. The van der Waals surface area contributed by atoms with E-state index in [1.54, 1.807) is 12.1 Å². The molecule has 2 heterocycles. The second kappa shape index (κ2) is 7.78. The Bertz CT molecular complexity index is 655. The van der Waals surface area contributed by atoms with Crippen LogP contribution in [-0.2, 0) is 0 Å². The fourth-order valence-corrected chi connectivity index (χ4v) is 5.97. The number of nitro groups is 1. The molecule has 2 saturated heterocycles. The average Bonchev–Trinajstić information content (AvgIpc) is 2.92. The van der Waals surface area contributed by atoms with Crippen molar-refractivity contribution in [1.29, 1.82) is 0 Å². The number of nitrogens with zero attached hydrogens (tertiary/aromatic N) is 2. The third-order valence-corrected chi connectivity index (χ3v) is 7.36. The second-order valence-electron chi connectivity index (χ2n) is 9.23. The van der Waals surface area contributed by atoms with Gasteiger partial charge in [0.15, 0.2) is 0 Å². The molecule has 2 aliphatic heterocycles. The van der Waals surface area contributed by atoms with E-state index in [0.717, 1.165) is 30.7 Å². The van der Waals surface area contributed by atoms with E-state index < -0.39 is 0 Å². The minimum absolute atomic E-state index is 0.194. The zero-order chi connectivity index (χ0) is 19.0. The van der Waals surface area contributed by atoms with Crippen LogP contribution in [0.4, 0.5) is 11.4 Å². The molecule has 2 bridgehead atoms. The molecule has 5 heteroatoms. The van der Waals surface area contributed by atoms with Gasteiger partial charge in [-0.05, 0) is 69.3 Å². The molecule has 148 valence electrons. The fourth-order valence-electron chi connectivity index (χ4n) is 5.97. The topological polar surface area (TPSA) is 58.4 Å². The number of nitrogens with one attached hydrogen (secondary N) is 1. The highest BCUT2D eigenvalue weighted by Gasteiger charge is 2.44. The van der Waals surface area contributed by atoms with E-state index in [4.69, 9.17) is 0 Å². The van der Waals surface area contributed by atoms with Gasteiger partial charge in [0.1, 0.15) is 5.69 Å². The Labute approximate surface area is 162 Å². The first kappa shape index (κ1) is 18.7. The van der Waals surface area contributed by atoms with Crippen LogP contribution in [-0.4, -0.2) is 34.0 Å². The lowest BCUT2D eigenvalue weighted by Crippen LogP contribution is -2.52. The smallest absolute Gasteiger partial charge is 0.292 e. The van der Waals surface area contributed by atoms with E-state index in [1.807, 2.05) is 12.1 Å². The largest absolute Gasteiger partial charge is 0.377 e. The number of benzene rings is 1. The van der Waals surface area contributed by atoms with Gasteiger partial charge < -0.3 is 5.32 Å². The predicted molar refractivity (Wildman–Crippen MR) is 109 cm³/mol. The van der Waals surface area contributed by atoms with Crippen molar-refractivity contribution < 1.29 is 4.92 Å². The maximum absolute atomic E-state index is 11.3. The Morgan fingerprint density at radius 1 is 1.00 bits per heavy atom. The molecule has 0 radical (unpaired) electrons. The molecule has 0 amide bonds. The predicted octanol–water partition coefficient (Wildman–Crippen LogP) is 5.22. The lowest BCUT2D eigenvalue weighted by atomic mass is 9.78. The van der Waals surface area contributed by atoms with E-state index in [1.165, 1.54) is 38.5 Å². The number of hydrogen-bond acceptors (Lipinski definition) is 4. The van der Waals surface area contributed by atoms with Gasteiger partial charge in [0.05, 0.1) is 4.92 Å². The lowest BCUT2D eigenvalue weighted by Gasteiger charge is -2.46. The quantitative estimate of drug-likeness (QED) is 0.570. The zero-order valence-corrected chi connectivity index (χ0v) is 16.6. The second-order valence-corrected chi connectivity index (χ2v) is 9.23.